The number of nitrogens with one attached hydrogen (secondary N) is 1. The van der Waals surface area contributed by atoms with Gasteiger partial charge in [0.15, 0.2) is 11.5 Å². The Morgan fingerprint density at radius 1 is 1.18 bits per heavy atom. The van der Waals surface area contributed by atoms with E-state index in [0.717, 1.165) is 11.3 Å². The van der Waals surface area contributed by atoms with Gasteiger partial charge >= 0.3 is 6.03 Å². The van der Waals surface area contributed by atoms with Gasteiger partial charge in [-0.25, -0.2) is 4.79 Å². The molecule has 2 rings (SSSR count). The standard InChI is InChI=1S/C16H24N2O4/c1-10-6-14(20-4)15(21-5)7-13(10)17-16(19)18-8-11(2)22-12(3)9-18/h6-7,11-12H,8-9H2,1-5H3,(H,17,19). The van der Waals surface area contributed by atoms with Crippen LogP contribution in [0.4, 0.5) is 10.5 Å². The maximum Gasteiger partial charge on any atom is 0.322 e. The number of rotatable bonds is 3. The molecule has 1 N–H and O–H groups in total. The summed E-state index contributed by atoms with van der Waals surface area (Å²) in [5, 5.41) is 2.94. The third-order valence-corrected chi connectivity index (χ3v) is 3.68. The highest BCUT2D eigenvalue weighted by Crippen LogP contribution is 2.33. The number of hydrogen-bond acceptors (Lipinski definition) is 4. The zero-order valence-electron chi connectivity index (χ0n) is 13.8. The number of amides is 2. The number of morpholine rings is 1. The number of carbonyl (C=O) groups excluding carboxylic acids is 1. The van der Waals surface area contributed by atoms with Crippen LogP contribution < -0.4 is 14.8 Å². The van der Waals surface area contributed by atoms with Gasteiger partial charge in [-0.3, -0.25) is 0 Å². The minimum atomic E-state index is -0.127. The highest BCUT2D eigenvalue weighted by Gasteiger charge is 2.26. The Balaban J connectivity index is 2.14. The zero-order chi connectivity index (χ0) is 16.3. The monoisotopic (exact) mass is 308 g/mol. The average Bonchev–Trinajstić information content (AvgIpc) is 2.47. The normalized spacial score (nSPS) is 21.4. The van der Waals surface area contributed by atoms with Gasteiger partial charge in [0.1, 0.15) is 0 Å². The van der Waals surface area contributed by atoms with Gasteiger partial charge in [-0.15, -0.1) is 0 Å². The highest BCUT2D eigenvalue weighted by atomic mass is 16.5. The van der Waals surface area contributed by atoms with Crippen molar-refractivity contribution in [3.63, 3.8) is 0 Å². The molecule has 1 aliphatic rings. The predicted molar refractivity (Wildman–Crippen MR) is 84.9 cm³/mol. The van der Waals surface area contributed by atoms with Crippen LogP contribution in [0.1, 0.15) is 19.4 Å². The fourth-order valence-corrected chi connectivity index (χ4v) is 2.65. The van der Waals surface area contributed by atoms with Gasteiger partial charge in [0.2, 0.25) is 0 Å². The third kappa shape index (κ3) is 3.62. The zero-order valence-corrected chi connectivity index (χ0v) is 13.8. The van der Waals surface area contributed by atoms with Crippen LogP contribution >= 0.6 is 0 Å². The molecule has 6 nitrogen and oxygen atoms in total. The Morgan fingerprint density at radius 3 is 2.27 bits per heavy atom. The van der Waals surface area contributed by atoms with Crippen molar-refractivity contribution < 1.29 is 19.0 Å². The van der Waals surface area contributed by atoms with Crippen molar-refractivity contribution in [1.82, 2.24) is 4.90 Å². The molecule has 22 heavy (non-hydrogen) atoms. The van der Waals surface area contributed by atoms with Gasteiger partial charge < -0.3 is 24.4 Å². The van der Waals surface area contributed by atoms with Gasteiger partial charge in [0.25, 0.3) is 0 Å². The lowest BCUT2D eigenvalue weighted by Gasteiger charge is -2.35. The van der Waals surface area contributed by atoms with E-state index in [-0.39, 0.29) is 18.2 Å². The molecule has 0 bridgehead atoms. The Morgan fingerprint density at radius 2 is 1.73 bits per heavy atom. The molecule has 2 amide bonds. The van der Waals surface area contributed by atoms with Crippen LogP contribution in [-0.2, 0) is 4.74 Å². The summed E-state index contributed by atoms with van der Waals surface area (Å²) >= 11 is 0. The summed E-state index contributed by atoms with van der Waals surface area (Å²) in [4.78, 5) is 14.2. The smallest absolute Gasteiger partial charge is 0.322 e. The van der Waals surface area contributed by atoms with E-state index in [4.69, 9.17) is 14.2 Å². The first kappa shape index (κ1) is 16.4. The van der Waals surface area contributed by atoms with Gasteiger partial charge in [0, 0.05) is 24.8 Å². The Bertz CT molecular complexity index is 537. The van der Waals surface area contributed by atoms with Crippen molar-refractivity contribution in [2.45, 2.75) is 33.0 Å². The van der Waals surface area contributed by atoms with E-state index in [1.807, 2.05) is 26.8 Å². The molecule has 6 heteroatoms. The second kappa shape index (κ2) is 6.87. The topological polar surface area (TPSA) is 60.0 Å². The molecule has 1 aromatic rings. The van der Waals surface area contributed by atoms with Crippen LogP contribution in [-0.4, -0.2) is 50.4 Å². The fraction of sp³-hybridized carbons (Fsp3) is 0.562. The molecular formula is C16H24N2O4. The minimum Gasteiger partial charge on any atom is -0.493 e. The molecule has 2 atom stereocenters. The van der Waals surface area contributed by atoms with E-state index in [9.17, 15) is 4.79 Å². The minimum absolute atomic E-state index is 0.0426. The number of ether oxygens (including phenoxy) is 3. The molecule has 2 unspecified atom stereocenters. The van der Waals surface area contributed by atoms with E-state index < -0.39 is 0 Å². The summed E-state index contributed by atoms with van der Waals surface area (Å²) in [5.74, 6) is 1.23. The number of hydrogen-bond donors (Lipinski definition) is 1. The van der Waals surface area contributed by atoms with Gasteiger partial charge in [-0.05, 0) is 32.4 Å². The lowest BCUT2D eigenvalue weighted by molar-refractivity contribution is -0.0530. The van der Waals surface area contributed by atoms with Crippen LogP contribution in [0.5, 0.6) is 11.5 Å². The number of aryl methyl sites for hydroxylation is 1. The second-order valence-corrected chi connectivity index (χ2v) is 5.61. The quantitative estimate of drug-likeness (QED) is 0.932. The van der Waals surface area contributed by atoms with Crippen molar-refractivity contribution >= 4 is 11.7 Å². The van der Waals surface area contributed by atoms with Crippen molar-refractivity contribution in [2.24, 2.45) is 0 Å². The lowest BCUT2D eigenvalue weighted by atomic mass is 10.1. The maximum atomic E-state index is 12.5. The second-order valence-electron chi connectivity index (χ2n) is 5.61. The van der Waals surface area contributed by atoms with Gasteiger partial charge in [-0.1, -0.05) is 0 Å². The maximum absolute atomic E-state index is 12.5. The van der Waals surface area contributed by atoms with Crippen LogP contribution in [0.15, 0.2) is 12.1 Å². The molecule has 0 saturated carbocycles. The van der Waals surface area contributed by atoms with Gasteiger partial charge in [-0.2, -0.15) is 0 Å². The largest absolute Gasteiger partial charge is 0.493 e. The molecule has 1 aliphatic heterocycles. The number of anilines is 1. The van der Waals surface area contributed by atoms with Crippen LogP contribution in [0.25, 0.3) is 0 Å². The highest BCUT2D eigenvalue weighted by molar-refractivity contribution is 5.90. The van der Waals surface area contributed by atoms with E-state index in [1.165, 1.54) is 0 Å². The third-order valence-electron chi connectivity index (χ3n) is 3.68. The molecule has 1 heterocycles. The molecule has 0 aliphatic carbocycles. The number of benzene rings is 1. The van der Waals surface area contributed by atoms with Crippen molar-refractivity contribution in [3.8, 4) is 11.5 Å². The molecule has 122 valence electrons. The summed E-state index contributed by atoms with van der Waals surface area (Å²) in [7, 11) is 3.16. The Hall–Kier alpha value is -1.95. The van der Waals surface area contributed by atoms with E-state index in [1.54, 1.807) is 25.2 Å². The molecule has 1 saturated heterocycles. The number of methoxy groups -OCH3 is 2. The lowest BCUT2D eigenvalue weighted by Crippen LogP contribution is -2.49. The SMILES string of the molecule is COc1cc(C)c(NC(=O)N2CC(C)OC(C)C2)cc1OC. The van der Waals surface area contributed by atoms with Crippen LogP contribution in [0, 0.1) is 6.92 Å². The molecule has 0 aromatic heterocycles. The fourth-order valence-electron chi connectivity index (χ4n) is 2.65. The first-order valence-electron chi connectivity index (χ1n) is 7.38. The summed E-state index contributed by atoms with van der Waals surface area (Å²) in [6.07, 6.45) is 0.0852. The molecular weight excluding hydrogens is 284 g/mol. The number of urea groups is 1. The Kier molecular flexibility index (Phi) is 5.13. The van der Waals surface area contributed by atoms with Crippen molar-refractivity contribution in [3.05, 3.63) is 17.7 Å². The summed E-state index contributed by atoms with van der Waals surface area (Å²) in [5.41, 5.74) is 1.63. The van der Waals surface area contributed by atoms with Crippen LogP contribution in [0.3, 0.4) is 0 Å². The van der Waals surface area contributed by atoms with Crippen molar-refractivity contribution in [2.75, 3.05) is 32.6 Å². The molecule has 0 radical (unpaired) electrons. The van der Waals surface area contributed by atoms with E-state index in [0.29, 0.717) is 24.6 Å². The molecule has 1 aromatic carbocycles. The Labute approximate surface area is 131 Å². The first-order chi connectivity index (χ1) is 10.4. The van der Waals surface area contributed by atoms with Crippen molar-refractivity contribution in [1.29, 1.82) is 0 Å². The van der Waals surface area contributed by atoms with Crippen LogP contribution in [0.2, 0.25) is 0 Å². The van der Waals surface area contributed by atoms with E-state index >= 15 is 0 Å². The van der Waals surface area contributed by atoms with E-state index in [2.05, 4.69) is 5.32 Å². The van der Waals surface area contributed by atoms with Gasteiger partial charge in [0.05, 0.1) is 26.4 Å². The average molecular weight is 308 g/mol. The first-order valence-corrected chi connectivity index (χ1v) is 7.38. The summed E-state index contributed by atoms with van der Waals surface area (Å²) in [6, 6.07) is 3.50. The summed E-state index contributed by atoms with van der Waals surface area (Å²) < 4.78 is 16.2. The molecule has 1 fully saturated rings. The number of carbonyl (C=O) groups is 1. The molecule has 0 spiro atoms. The summed E-state index contributed by atoms with van der Waals surface area (Å²) in [6.45, 7) is 7.03. The number of nitrogens with zero attached hydrogens (tertiary/aromatic N) is 1. The predicted octanol–water partition coefficient (Wildman–Crippen LogP) is 2.65.